The van der Waals surface area contributed by atoms with E-state index in [1.54, 1.807) is 0 Å². The van der Waals surface area contributed by atoms with Crippen molar-refractivity contribution in [2.45, 2.75) is 128 Å². The van der Waals surface area contributed by atoms with Crippen LogP contribution in [-0.2, 0) is 62.1 Å². The van der Waals surface area contributed by atoms with Gasteiger partial charge in [-0.1, -0.05) is 185 Å². The van der Waals surface area contributed by atoms with Crippen LogP contribution in [-0.4, -0.2) is 122 Å². The quantitative estimate of drug-likeness (QED) is 0.0139. The minimum atomic E-state index is -4.48. The van der Waals surface area contributed by atoms with Crippen molar-refractivity contribution in [2.75, 3.05) is 59.0 Å². The number of benzene rings is 8. The summed E-state index contributed by atoms with van der Waals surface area (Å²) in [6, 6.07) is 49.9. The number of allylic oxidation sites excluding steroid dienone is 16. The summed E-state index contributed by atoms with van der Waals surface area (Å²) in [4.78, 5) is 4.49. The molecular formula is C86H92N4Na2O12S4. The Labute approximate surface area is 682 Å². The SMILES string of the molecule is CC1(C)C(/C=C/C=C/C(=C/C=C2\N(CCCCS(=O)(=O)[O-])c3ccc4ccccc4c3C2(C)C)C(=C\C=C2/N(CCCCS(=O)(=O)[O-])c3ccc4ccccc4c3C2(C)C)/C=C/C=C/C2=[N+](CCCCS(=O)(=O)[O-])c3ccc4ccccc4c3C2(C)C)=[N+](CCCCS(=O)(=O)[O-])c2ccc3ccccc3c21.[Na+].[Na+]. The van der Waals surface area contributed by atoms with Crippen molar-refractivity contribution in [2.24, 2.45) is 0 Å². The molecule has 0 saturated carbocycles. The third-order valence-electron chi connectivity index (χ3n) is 21.6. The van der Waals surface area contributed by atoms with Crippen molar-refractivity contribution in [3.05, 3.63) is 263 Å². The van der Waals surface area contributed by atoms with Crippen molar-refractivity contribution in [1.29, 1.82) is 0 Å². The van der Waals surface area contributed by atoms with Gasteiger partial charge in [-0.3, -0.25) is 0 Å². The average molecular weight is 1550 g/mol. The topological polar surface area (TPSA) is 241 Å². The van der Waals surface area contributed by atoms with Crippen LogP contribution in [0.25, 0.3) is 43.1 Å². The number of hydrogen-bond acceptors (Lipinski definition) is 14. The van der Waals surface area contributed by atoms with E-state index in [0.29, 0.717) is 51.9 Å². The zero-order chi connectivity index (χ0) is 75.8. The van der Waals surface area contributed by atoms with Gasteiger partial charge in [-0.05, 0) is 168 Å². The molecule has 0 saturated heterocycles. The van der Waals surface area contributed by atoms with Crippen LogP contribution in [0.1, 0.15) is 129 Å². The van der Waals surface area contributed by atoms with Gasteiger partial charge in [-0.15, -0.1) is 0 Å². The molecule has 0 amide bonds. The summed E-state index contributed by atoms with van der Waals surface area (Å²) in [5, 5.41) is 8.63. The smallest absolute Gasteiger partial charge is 0.748 e. The maximum absolute atomic E-state index is 12.0. The van der Waals surface area contributed by atoms with Crippen LogP contribution in [0, 0.1) is 0 Å². The molecule has 0 N–H and O–H groups in total. The molecule has 0 radical (unpaired) electrons. The maximum atomic E-state index is 12.0. The zero-order valence-electron chi connectivity index (χ0n) is 63.4. The molecule has 0 bridgehead atoms. The van der Waals surface area contributed by atoms with Crippen LogP contribution in [0.15, 0.2) is 241 Å². The Morgan fingerprint density at radius 1 is 0.361 bits per heavy atom. The first kappa shape index (κ1) is 83.8. The molecule has 4 heterocycles. The van der Waals surface area contributed by atoms with Gasteiger partial charge in [0.25, 0.3) is 0 Å². The molecule has 554 valence electrons. The number of unbranched alkanes of at least 4 members (excludes halogenated alkanes) is 4. The predicted molar refractivity (Wildman–Crippen MR) is 426 cm³/mol. The van der Waals surface area contributed by atoms with Crippen molar-refractivity contribution in [3.63, 3.8) is 0 Å². The predicted octanol–water partition coefficient (Wildman–Crippen LogP) is 10.5. The maximum Gasteiger partial charge on any atom is 1.00 e. The third-order valence-corrected chi connectivity index (χ3v) is 24.7. The van der Waals surface area contributed by atoms with E-state index in [4.69, 9.17) is 0 Å². The largest absolute Gasteiger partial charge is 1.00 e. The summed E-state index contributed by atoms with van der Waals surface area (Å²) in [5.74, 6) is -1.92. The second-order valence-corrected chi connectivity index (χ2v) is 36.4. The molecule has 0 spiro atoms. The minimum Gasteiger partial charge on any atom is -0.748 e. The van der Waals surface area contributed by atoms with Gasteiger partial charge < -0.3 is 28.0 Å². The van der Waals surface area contributed by atoms with E-state index in [1.165, 1.54) is 0 Å². The van der Waals surface area contributed by atoms with Crippen LogP contribution < -0.4 is 68.9 Å². The van der Waals surface area contributed by atoms with Crippen molar-refractivity contribution < 1.29 is 120 Å². The van der Waals surface area contributed by atoms with Gasteiger partial charge in [0.05, 0.1) is 51.3 Å². The van der Waals surface area contributed by atoms with E-state index in [-0.39, 0.29) is 84.8 Å². The Hall–Kier alpha value is -6.70. The van der Waals surface area contributed by atoms with Crippen LogP contribution in [0.2, 0.25) is 0 Å². The molecular weight excluding hydrogens is 1460 g/mol. The first-order valence-electron chi connectivity index (χ1n) is 36.4. The standard InChI is InChI=1S/C86H94N4O12S4.2Na/c1-83(2)75(87(53-21-25-57-103(91,92)93)71-47-41-63-31-9-15-35-67(63)79(71)83)39-19-13-29-61(45-51-77-85(5,6)81-69-37-17-11-33-65(69)43-49-73(81)89(77)55-23-27-59-105(97,98)99)62(46-52-78-86(7,8)82-70-38-18-12-34-66(70)44-50-74(82)90(78)56-24-28-60-106(100,101)102)30-14-20-40-76-84(3,4)80-68-36-16-10-32-64(68)42-48-72(80)88(76)54-22-26-58-104(94,95)96;;/h9-20,29-52H,21-28,53-60H2,1-8H3,(H2-2,91,92,93,94,95,96,97,98,99,100,101,102);;/q;2*+1/p-2. The van der Waals surface area contributed by atoms with Gasteiger partial charge >= 0.3 is 59.1 Å². The Morgan fingerprint density at radius 3 is 0.981 bits per heavy atom. The molecule has 4 aliphatic heterocycles. The van der Waals surface area contributed by atoms with Crippen molar-refractivity contribution in [3.8, 4) is 0 Å². The molecule has 4 aliphatic rings. The van der Waals surface area contributed by atoms with Crippen molar-refractivity contribution >= 4 is 118 Å². The van der Waals surface area contributed by atoms with E-state index >= 15 is 0 Å². The molecule has 0 unspecified atom stereocenters. The monoisotopic (exact) mass is 1550 g/mol. The normalized spacial score (nSPS) is 17.8. The molecule has 12 rings (SSSR count). The van der Waals surface area contributed by atoms with Gasteiger partial charge in [0.15, 0.2) is 11.4 Å². The molecule has 108 heavy (non-hydrogen) atoms. The molecule has 0 fully saturated rings. The van der Waals surface area contributed by atoms with Crippen LogP contribution in [0.5, 0.6) is 0 Å². The molecule has 16 nitrogen and oxygen atoms in total. The summed E-state index contributed by atoms with van der Waals surface area (Å²) in [6.45, 7) is 19.3. The summed E-state index contributed by atoms with van der Waals surface area (Å²) in [7, 11) is -17.8. The summed E-state index contributed by atoms with van der Waals surface area (Å²) in [5.41, 5.74) is 11.4. The summed E-state index contributed by atoms with van der Waals surface area (Å²) >= 11 is 0. The number of hydrogen-bond donors (Lipinski definition) is 0. The van der Waals surface area contributed by atoms with E-state index in [0.717, 1.165) is 122 Å². The number of fused-ring (bicyclic) bond motifs is 12. The van der Waals surface area contributed by atoms with Gasteiger partial charge in [-0.2, -0.15) is 9.15 Å². The Balaban J connectivity index is 0.00000622. The molecule has 8 aromatic carbocycles. The Morgan fingerprint density at radius 2 is 0.657 bits per heavy atom. The second kappa shape index (κ2) is 33.7. The average Bonchev–Trinajstić information content (AvgIpc) is 1.60. The number of anilines is 2. The number of nitrogens with zero attached hydrogens (tertiary/aromatic N) is 4. The molecule has 22 heteroatoms. The molecule has 0 aliphatic carbocycles. The summed E-state index contributed by atoms with van der Waals surface area (Å²) < 4.78 is 148. The van der Waals surface area contributed by atoms with E-state index in [9.17, 15) is 51.9 Å². The molecule has 8 aromatic rings. The number of rotatable bonds is 29. The van der Waals surface area contributed by atoms with Crippen LogP contribution in [0.3, 0.4) is 0 Å². The van der Waals surface area contributed by atoms with Gasteiger partial charge in [0, 0.05) is 118 Å². The van der Waals surface area contributed by atoms with E-state index < -0.39 is 85.1 Å². The van der Waals surface area contributed by atoms with Gasteiger partial charge in [-0.25, -0.2) is 33.7 Å². The third kappa shape index (κ3) is 18.2. The van der Waals surface area contributed by atoms with E-state index in [1.807, 2.05) is 72.8 Å². The molecule has 0 atom stereocenters. The first-order valence-corrected chi connectivity index (χ1v) is 42.7. The zero-order valence-corrected chi connectivity index (χ0v) is 70.7. The Kier molecular flexibility index (Phi) is 26.1. The fourth-order valence-corrected chi connectivity index (χ4v) is 19.0. The fraction of sp³-hybridized carbons (Fsp3) is 0.326. The van der Waals surface area contributed by atoms with Gasteiger partial charge in [0.1, 0.15) is 13.1 Å². The van der Waals surface area contributed by atoms with Crippen LogP contribution in [0.4, 0.5) is 22.7 Å². The van der Waals surface area contributed by atoms with E-state index in [2.05, 4.69) is 220 Å². The molecule has 0 aromatic heterocycles. The summed E-state index contributed by atoms with van der Waals surface area (Å²) in [6.07, 6.45) is 27.3. The van der Waals surface area contributed by atoms with Gasteiger partial charge in [0.2, 0.25) is 11.4 Å². The van der Waals surface area contributed by atoms with Crippen molar-refractivity contribution in [1.82, 2.24) is 0 Å². The first-order chi connectivity index (χ1) is 50.2. The second-order valence-electron chi connectivity index (χ2n) is 30.3. The fourth-order valence-electron chi connectivity index (χ4n) is 16.7. The minimum absolute atomic E-state index is 0. The van der Waals surface area contributed by atoms with Crippen LogP contribution >= 0.6 is 0 Å². The Bertz CT molecular complexity index is 5300.